The summed E-state index contributed by atoms with van der Waals surface area (Å²) in [7, 11) is 0. The SMILES string of the molecule is CC(C)(C)OC(=O)NCc1cccc(-c2cncc(OC[C@@H]3CCN3)c2)c1.CC(C)(C)OC(=O)NCc1cccc(-c2cncc(OC[C@@H]3CCN3C(=O)OCc3ccccc3)c2)c1. The largest absolute Gasteiger partial charge is 0.490 e. The number of pyridine rings is 2. The minimum absolute atomic E-state index is 0.0332. The molecule has 0 bridgehead atoms. The molecule has 0 saturated carbocycles. The fourth-order valence-electron chi connectivity index (χ4n) is 6.55. The molecule has 2 atom stereocenters. The second kappa shape index (κ2) is 22.1. The van der Waals surface area contributed by atoms with E-state index in [1.165, 1.54) is 0 Å². The fourth-order valence-corrected chi connectivity index (χ4v) is 6.55. The van der Waals surface area contributed by atoms with Crippen LogP contribution in [-0.2, 0) is 33.9 Å². The van der Waals surface area contributed by atoms with Gasteiger partial charge in [0.2, 0.25) is 0 Å². The van der Waals surface area contributed by atoms with Crippen LogP contribution in [0.2, 0.25) is 0 Å². The molecule has 338 valence electrons. The first-order valence-corrected chi connectivity index (χ1v) is 21.6. The Morgan fingerprint density at radius 2 is 1.16 bits per heavy atom. The molecule has 3 aromatic carbocycles. The number of aromatic nitrogens is 2. The highest BCUT2D eigenvalue weighted by Crippen LogP contribution is 2.27. The lowest BCUT2D eigenvalue weighted by Crippen LogP contribution is -2.54. The third-order valence-corrected chi connectivity index (χ3v) is 10.0. The molecule has 2 aromatic heterocycles. The highest BCUT2D eigenvalue weighted by molar-refractivity contribution is 5.70. The smallest absolute Gasteiger partial charge is 0.410 e. The maximum absolute atomic E-state index is 12.5. The van der Waals surface area contributed by atoms with E-state index in [9.17, 15) is 14.4 Å². The van der Waals surface area contributed by atoms with Crippen LogP contribution in [-0.4, -0.2) is 82.7 Å². The molecule has 3 N–H and O–H groups in total. The molecule has 0 aliphatic carbocycles. The van der Waals surface area contributed by atoms with E-state index < -0.39 is 23.4 Å². The van der Waals surface area contributed by atoms with Gasteiger partial charge in [-0.15, -0.1) is 0 Å². The molecule has 3 amide bonds. The van der Waals surface area contributed by atoms with Gasteiger partial charge in [0.25, 0.3) is 0 Å². The minimum Gasteiger partial charge on any atom is -0.490 e. The number of carbonyl (C=O) groups is 3. The first kappa shape index (κ1) is 46.8. The molecule has 0 spiro atoms. The monoisotopic (exact) mass is 872 g/mol. The highest BCUT2D eigenvalue weighted by Gasteiger charge is 2.34. The highest BCUT2D eigenvalue weighted by atomic mass is 16.6. The number of amides is 3. The summed E-state index contributed by atoms with van der Waals surface area (Å²) in [6.45, 7) is 14.8. The molecule has 14 nitrogen and oxygen atoms in total. The van der Waals surface area contributed by atoms with Gasteiger partial charge in [-0.3, -0.25) is 9.97 Å². The van der Waals surface area contributed by atoms with E-state index in [1.54, 1.807) is 23.5 Å². The van der Waals surface area contributed by atoms with Crippen molar-refractivity contribution >= 4 is 18.3 Å². The molecule has 7 rings (SSSR count). The van der Waals surface area contributed by atoms with E-state index in [1.807, 2.05) is 139 Å². The maximum Gasteiger partial charge on any atom is 0.410 e. The summed E-state index contributed by atoms with van der Waals surface area (Å²) in [5.41, 5.74) is 5.69. The number of ether oxygens (including phenoxy) is 5. The molecular formula is C50H60N6O8. The van der Waals surface area contributed by atoms with E-state index in [0.717, 1.165) is 64.1 Å². The van der Waals surface area contributed by atoms with E-state index in [-0.39, 0.29) is 18.7 Å². The van der Waals surface area contributed by atoms with Gasteiger partial charge < -0.3 is 44.5 Å². The normalized spacial score (nSPS) is 15.5. The number of alkyl carbamates (subject to hydrolysis) is 2. The zero-order valence-electron chi connectivity index (χ0n) is 37.6. The summed E-state index contributed by atoms with van der Waals surface area (Å²) in [5.74, 6) is 1.39. The Morgan fingerprint density at radius 3 is 1.62 bits per heavy atom. The summed E-state index contributed by atoms with van der Waals surface area (Å²) in [5, 5.41) is 8.88. The van der Waals surface area contributed by atoms with Crippen LogP contribution >= 0.6 is 0 Å². The van der Waals surface area contributed by atoms with Crippen molar-refractivity contribution in [1.29, 1.82) is 0 Å². The van der Waals surface area contributed by atoms with Crippen LogP contribution in [0, 0.1) is 0 Å². The Kier molecular flexibility index (Phi) is 16.2. The van der Waals surface area contributed by atoms with Crippen molar-refractivity contribution in [3.05, 3.63) is 132 Å². The summed E-state index contributed by atoms with van der Waals surface area (Å²) < 4.78 is 27.8. The number of benzene rings is 3. The van der Waals surface area contributed by atoms with Crippen molar-refractivity contribution in [2.45, 2.75) is 97.4 Å². The number of carbonyl (C=O) groups excluding carboxylic acids is 3. The topological polar surface area (TPSA) is 162 Å². The van der Waals surface area contributed by atoms with Crippen molar-refractivity contribution in [3.63, 3.8) is 0 Å². The van der Waals surface area contributed by atoms with Crippen LogP contribution in [0.1, 0.15) is 71.1 Å². The molecule has 64 heavy (non-hydrogen) atoms. The molecular weight excluding hydrogens is 813 g/mol. The lowest BCUT2D eigenvalue weighted by atomic mass is 10.0. The molecule has 0 radical (unpaired) electrons. The quantitative estimate of drug-likeness (QED) is 0.0913. The molecule has 14 heteroatoms. The predicted molar refractivity (Wildman–Crippen MR) is 245 cm³/mol. The number of hydrogen-bond acceptors (Lipinski definition) is 11. The van der Waals surface area contributed by atoms with Crippen molar-refractivity contribution in [2.75, 3.05) is 26.3 Å². The maximum atomic E-state index is 12.5. The second-order valence-corrected chi connectivity index (χ2v) is 17.7. The zero-order valence-corrected chi connectivity index (χ0v) is 37.6. The van der Waals surface area contributed by atoms with Crippen LogP contribution in [0.5, 0.6) is 11.5 Å². The van der Waals surface area contributed by atoms with Crippen molar-refractivity contribution in [3.8, 4) is 33.8 Å². The van der Waals surface area contributed by atoms with Crippen molar-refractivity contribution < 1.29 is 38.1 Å². The fraction of sp³-hybridized carbons (Fsp3) is 0.380. The number of nitrogens with zero attached hydrogens (tertiary/aromatic N) is 3. The van der Waals surface area contributed by atoms with Crippen molar-refractivity contribution in [2.24, 2.45) is 0 Å². The molecule has 4 heterocycles. The van der Waals surface area contributed by atoms with Crippen LogP contribution in [0.4, 0.5) is 14.4 Å². The Bertz CT molecular complexity index is 2310. The number of hydrogen-bond donors (Lipinski definition) is 3. The average molecular weight is 873 g/mol. The van der Waals surface area contributed by atoms with Gasteiger partial charge in [-0.1, -0.05) is 66.7 Å². The summed E-state index contributed by atoms with van der Waals surface area (Å²) in [6.07, 6.45) is 7.79. The summed E-state index contributed by atoms with van der Waals surface area (Å²) in [4.78, 5) is 46.6. The van der Waals surface area contributed by atoms with Gasteiger partial charge in [-0.2, -0.15) is 0 Å². The molecule has 0 unspecified atom stereocenters. The van der Waals surface area contributed by atoms with Gasteiger partial charge in [0.05, 0.1) is 18.4 Å². The Morgan fingerprint density at radius 1 is 0.641 bits per heavy atom. The van der Waals surface area contributed by atoms with E-state index >= 15 is 0 Å². The average Bonchev–Trinajstić information content (AvgIpc) is 3.23. The van der Waals surface area contributed by atoms with Gasteiger partial charge in [0.15, 0.2) is 0 Å². The summed E-state index contributed by atoms with van der Waals surface area (Å²) >= 11 is 0. The standard InChI is InChI=1S/C29H33N3O5.C21H27N3O3/c1-29(2,3)37-27(33)31-16-22-10-7-11-23(14-22)24-15-26(18-30-17-24)35-20-25-12-13-32(25)28(34)36-19-21-8-5-4-6-9-21;1-21(2,3)27-20(25)24-11-15-5-4-6-16(9-15)17-10-19(13-22-12-17)26-14-18-7-8-23-18/h4-11,14-15,17-18,25H,12-13,16,19-20H2,1-3H3,(H,31,33);4-6,9-10,12-13,18,23H,7-8,11,14H2,1-3H3,(H,24,25)/t25-;18-/m00/s1. The third kappa shape index (κ3) is 15.3. The predicted octanol–water partition coefficient (Wildman–Crippen LogP) is 9.08. The van der Waals surface area contributed by atoms with E-state index in [0.29, 0.717) is 44.6 Å². The van der Waals surface area contributed by atoms with Crippen LogP contribution in [0.25, 0.3) is 22.3 Å². The van der Waals surface area contributed by atoms with Gasteiger partial charge in [0.1, 0.15) is 42.5 Å². The van der Waals surface area contributed by atoms with E-state index in [2.05, 4.69) is 25.9 Å². The second-order valence-electron chi connectivity index (χ2n) is 17.7. The zero-order chi connectivity index (χ0) is 45.5. The first-order chi connectivity index (χ1) is 30.7. The Balaban J connectivity index is 0.000000223. The molecule has 5 aromatic rings. The van der Waals surface area contributed by atoms with Gasteiger partial charge in [-0.25, -0.2) is 14.4 Å². The first-order valence-electron chi connectivity index (χ1n) is 21.6. The number of likely N-dealkylation sites (tertiary alicyclic amines) is 1. The lowest BCUT2D eigenvalue weighted by molar-refractivity contribution is 0.0259. The van der Waals surface area contributed by atoms with Crippen LogP contribution < -0.4 is 25.4 Å². The van der Waals surface area contributed by atoms with Crippen LogP contribution in [0.3, 0.4) is 0 Å². The molecule has 2 fully saturated rings. The molecule has 2 aliphatic rings. The lowest BCUT2D eigenvalue weighted by Gasteiger charge is -2.39. The molecule has 2 aliphatic heterocycles. The van der Waals surface area contributed by atoms with Gasteiger partial charge >= 0.3 is 18.3 Å². The van der Waals surface area contributed by atoms with Gasteiger partial charge in [-0.05, 0) is 113 Å². The van der Waals surface area contributed by atoms with E-state index in [4.69, 9.17) is 23.7 Å². The van der Waals surface area contributed by atoms with Crippen molar-refractivity contribution in [1.82, 2.24) is 30.8 Å². The minimum atomic E-state index is -0.545. The van der Waals surface area contributed by atoms with Crippen LogP contribution in [0.15, 0.2) is 116 Å². The number of rotatable bonds is 14. The third-order valence-electron chi connectivity index (χ3n) is 10.0. The Labute approximate surface area is 376 Å². The van der Waals surface area contributed by atoms with Gasteiger partial charge in [0, 0.05) is 49.2 Å². The number of nitrogens with one attached hydrogen (secondary N) is 3. The Hall–Kier alpha value is -6.67. The molecule has 2 saturated heterocycles. The summed E-state index contributed by atoms with van der Waals surface area (Å²) in [6, 6.07) is 29.8.